The third-order valence-corrected chi connectivity index (χ3v) is 5.15. The molecule has 0 aliphatic rings. The fourth-order valence-corrected chi connectivity index (χ4v) is 3.45. The highest BCUT2D eigenvalue weighted by Gasteiger charge is 2.20. The molecule has 0 bridgehead atoms. The Hall–Kier alpha value is -3.37. The molecule has 0 aliphatic carbocycles. The number of halogens is 1. The zero-order valence-electron chi connectivity index (χ0n) is 15.6. The van der Waals surface area contributed by atoms with Crippen LogP contribution in [0.15, 0.2) is 88.1 Å². The highest BCUT2D eigenvalue weighted by molar-refractivity contribution is 6.30. The fraction of sp³-hybridized carbons (Fsp3) is 0.0833. The fourth-order valence-electron chi connectivity index (χ4n) is 3.26. The first-order valence-electron chi connectivity index (χ1n) is 9.08. The first-order chi connectivity index (χ1) is 14.0. The Kier molecular flexibility index (Phi) is 5.19. The molecular formula is C24H17ClO4. The van der Waals surface area contributed by atoms with Gasteiger partial charge in [0.15, 0.2) is 5.38 Å². The molecule has 4 aromatic rings. The summed E-state index contributed by atoms with van der Waals surface area (Å²) in [6.07, 6.45) is 0. The van der Waals surface area contributed by atoms with Crippen LogP contribution in [-0.2, 0) is 4.79 Å². The van der Waals surface area contributed by atoms with Crippen molar-refractivity contribution in [3.05, 3.63) is 100 Å². The number of carbonyl (C=O) groups is 1. The summed E-state index contributed by atoms with van der Waals surface area (Å²) in [7, 11) is 0. The van der Waals surface area contributed by atoms with Gasteiger partial charge in [0, 0.05) is 5.39 Å². The number of hydrogen-bond donors (Lipinski definition) is 0. The normalized spacial score (nSPS) is 11.9. The van der Waals surface area contributed by atoms with Gasteiger partial charge < -0.3 is 9.15 Å². The Labute approximate surface area is 172 Å². The van der Waals surface area contributed by atoms with Crippen LogP contribution in [0.1, 0.15) is 16.5 Å². The predicted octanol–water partition coefficient (Wildman–Crippen LogP) is 5.65. The minimum absolute atomic E-state index is 0.333. The van der Waals surface area contributed by atoms with Gasteiger partial charge in [-0.15, -0.1) is 11.6 Å². The van der Waals surface area contributed by atoms with E-state index in [1.807, 2.05) is 55.5 Å². The van der Waals surface area contributed by atoms with Gasteiger partial charge in [0.05, 0.1) is 5.56 Å². The highest BCUT2D eigenvalue weighted by atomic mass is 35.5. The standard InChI is InChI=1S/C24H17ClO4/c1-15-19-14-18(28-24(27)22(25)17-10-6-3-7-11-17)12-13-20(19)29-23(26)21(15)16-8-4-2-5-9-16/h2-14,22H,1H3. The summed E-state index contributed by atoms with van der Waals surface area (Å²) in [4.78, 5) is 24.9. The van der Waals surface area contributed by atoms with E-state index in [4.69, 9.17) is 20.8 Å². The van der Waals surface area contributed by atoms with E-state index in [-0.39, 0.29) is 0 Å². The molecule has 5 heteroatoms. The zero-order valence-corrected chi connectivity index (χ0v) is 16.3. The van der Waals surface area contributed by atoms with E-state index in [0.29, 0.717) is 27.8 Å². The van der Waals surface area contributed by atoms with Crippen LogP contribution in [0.2, 0.25) is 0 Å². The van der Waals surface area contributed by atoms with Crippen molar-refractivity contribution in [2.45, 2.75) is 12.3 Å². The van der Waals surface area contributed by atoms with Crippen molar-refractivity contribution in [1.82, 2.24) is 0 Å². The number of alkyl halides is 1. The monoisotopic (exact) mass is 404 g/mol. The van der Waals surface area contributed by atoms with E-state index in [1.54, 1.807) is 30.3 Å². The minimum Gasteiger partial charge on any atom is -0.425 e. The lowest BCUT2D eigenvalue weighted by Crippen LogP contribution is -2.14. The average Bonchev–Trinajstić information content (AvgIpc) is 2.75. The van der Waals surface area contributed by atoms with E-state index in [1.165, 1.54) is 0 Å². The number of ether oxygens (including phenoxy) is 1. The third-order valence-electron chi connectivity index (χ3n) is 4.72. The number of fused-ring (bicyclic) bond motifs is 1. The van der Waals surface area contributed by atoms with Crippen LogP contribution in [0.4, 0.5) is 0 Å². The van der Waals surface area contributed by atoms with Crippen LogP contribution in [0, 0.1) is 6.92 Å². The van der Waals surface area contributed by atoms with Gasteiger partial charge in [0.25, 0.3) is 0 Å². The van der Waals surface area contributed by atoms with Crippen molar-refractivity contribution in [3.63, 3.8) is 0 Å². The van der Waals surface area contributed by atoms with Crippen molar-refractivity contribution >= 4 is 28.5 Å². The maximum Gasteiger partial charge on any atom is 0.344 e. The molecular weight excluding hydrogens is 388 g/mol. The molecule has 0 spiro atoms. The van der Waals surface area contributed by atoms with Crippen LogP contribution < -0.4 is 10.4 Å². The summed E-state index contributed by atoms with van der Waals surface area (Å²) in [5.74, 6) is -0.240. The van der Waals surface area contributed by atoms with Crippen molar-refractivity contribution in [2.24, 2.45) is 0 Å². The lowest BCUT2D eigenvalue weighted by atomic mass is 9.99. The molecule has 0 fully saturated rings. The molecule has 29 heavy (non-hydrogen) atoms. The van der Waals surface area contributed by atoms with E-state index in [2.05, 4.69) is 0 Å². The molecule has 0 saturated heterocycles. The molecule has 0 N–H and O–H groups in total. The van der Waals surface area contributed by atoms with Gasteiger partial charge in [-0.3, -0.25) is 0 Å². The largest absolute Gasteiger partial charge is 0.425 e. The highest BCUT2D eigenvalue weighted by Crippen LogP contribution is 2.30. The molecule has 0 saturated carbocycles. The topological polar surface area (TPSA) is 56.5 Å². The summed E-state index contributed by atoms with van der Waals surface area (Å²) in [5, 5.41) is -0.221. The molecule has 0 aliphatic heterocycles. The second-order valence-electron chi connectivity index (χ2n) is 6.61. The smallest absolute Gasteiger partial charge is 0.344 e. The molecule has 0 radical (unpaired) electrons. The summed E-state index contributed by atoms with van der Waals surface area (Å²) in [6, 6.07) is 23.2. The average molecular weight is 405 g/mol. The van der Waals surface area contributed by atoms with Crippen LogP contribution >= 0.6 is 11.6 Å². The minimum atomic E-state index is -0.915. The summed E-state index contributed by atoms with van der Waals surface area (Å²) in [6.45, 7) is 1.85. The Morgan fingerprint density at radius 3 is 2.31 bits per heavy atom. The number of rotatable bonds is 4. The Morgan fingerprint density at radius 2 is 1.62 bits per heavy atom. The first-order valence-corrected chi connectivity index (χ1v) is 9.52. The SMILES string of the molecule is Cc1c(-c2ccccc2)c(=O)oc2ccc(OC(=O)C(Cl)c3ccccc3)cc12. The summed E-state index contributed by atoms with van der Waals surface area (Å²) >= 11 is 6.25. The maximum atomic E-state index is 12.5. The van der Waals surface area contributed by atoms with Gasteiger partial charge in [-0.2, -0.15) is 0 Å². The van der Waals surface area contributed by atoms with Gasteiger partial charge in [-0.05, 0) is 41.8 Å². The van der Waals surface area contributed by atoms with Gasteiger partial charge in [0.1, 0.15) is 11.3 Å². The van der Waals surface area contributed by atoms with Gasteiger partial charge in [-0.1, -0.05) is 60.7 Å². The van der Waals surface area contributed by atoms with Crippen molar-refractivity contribution < 1.29 is 13.9 Å². The molecule has 4 nitrogen and oxygen atoms in total. The summed E-state index contributed by atoms with van der Waals surface area (Å²) < 4.78 is 11.0. The van der Waals surface area contributed by atoms with Crippen molar-refractivity contribution in [2.75, 3.05) is 0 Å². The molecule has 0 amide bonds. The predicted molar refractivity (Wildman–Crippen MR) is 113 cm³/mol. The number of esters is 1. The summed E-state index contributed by atoms with van der Waals surface area (Å²) in [5.41, 5.74) is 2.70. The Morgan fingerprint density at radius 1 is 0.966 bits per heavy atom. The Bertz CT molecular complexity index is 1230. The molecule has 4 rings (SSSR count). The number of benzene rings is 3. The Balaban J connectivity index is 1.70. The molecule has 144 valence electrons. The zero-order chi connectivity index (χ0) is 20.4. The lowest BCUT2D eigenvalue weighted by molar-refractivity contribution is -0.134. The van der Waals surface area contributed by atoms with Gasteiger partial charge in [-0.25, -0.2) is 9.59 Å². The third kappa shape index (κ3) is 3.80. The lowest BCUT2D eigenvalue weighted by Gasteiger charge is -2.12. The van der Waals surface area contributed by atoms with Crippen molar-refractivity contribution in [3.8, 4) is 16.9 Å². The maximum absolute atomic E-state index is 12.5. The van der Waals surface area contributed by atoms with Crippen LogP contribution in [-0.4, -0.2) is 5.97 Å². The van der Waals surface area contributed by atoms with Crippen molar-refractivity contribution in [1.29, 1.82) is 0 Å². The van der Waals surface area contributed by atoms with Crippen LogP contribution in [0.5, 0.6) is 5.75 Å². The second kappa shape index (κ2) is 7.94. The number of hydrogen-bond acceptors (Lipinski definition) is 4. The van der Waals surface area contributed by atoms with E-state index >= 15 is 0 Å². The molecule has 1 unspecified atom stereocenters. The van der Waals surface area contributed by atoms with Gasteiger partial charge >= 0.3 is 11.6 Å². The second-order valence-corrected chi connectivity index (χ2v) is 7.04. The first kappa shape index (κ1) is 19.0. The van der Waals surface area contributed by atoms with E-state index in [9.17, 15) is 9.59 Å². The molecule has 1 heterocycles. The van der Waals surface area contributed by atoms with E-state index < -0.39 is 17.0 Å². The number of aryl methyl sites for hydroxylation is 1. The molecule has 1 atom stereocenters. The van der Waals surface area contributed by atoms with Gasteiger partial charge in [0.2, 0.25) is 0 Å². The van der Waals surface area contributed by atoms with Crippen LogP contribution in [0.25, 0.3) is 22.1 Å². The number of carbonyl (C=O) groups excluding carboxylic acids is 1. The molecule has 1 aromatic heterocycles. The molecule has 3 aromatic carbocycles. The quantitative estimate of drug-likeness (QED) is 0.191. The van der Waals surface area contributed by atoms with E-state index in [0.717, 1.165) is 11.1 Å². The van der Waals surface area contributed by atoms with Crippen LogP contribution in [0.3, 0.4) is 0 Å².